The van der Waals surface area contributed by atoms with Gasteiger partial charge in [0.1, 0.15) is 5.76 Å². The van der Waals surface area contributed by atoms with Gasteiger partial charge in [-0.25, -0.2) is 4.21 Å². The molecule has 3 unspecified atom stereocenters. The molecule has 0 spiro atoms. The number of nitrogens with zero attached hydrogens (tertiary/aromatic N) is 1. The lowest BCUT2D eigenvalue weighted by molar-refractivity contribution is -0.120. The van der Waals surface area contributed by atoms with E-state index in [9.17, 15) is 13.8 Å². The van der Waals surface area contributed by atoms with E-state index in [2.05, 4.69) is 0 Å². The first-order valence-corrected chi connectivity index (χ1v) is 10.3. The third-order valence-electron chi connectivity index (χ3n) is 4.56. The number of ether oxygens (including phenoxy) is 1. The standard InChI is InChI=1S/C20H23ClN2O5S/c1-4-18(28-3)10-9-17-11-15(12-19(24)22-29(26)27)13(2)23(17)20(25)14-5-7-16(21)8-6-14/h4-11,13,15H,12H2,1-3H3,(H,22,24)(H,26,27)/b10-9-,18-4+. The van der Waals surface area contributed by atoms with Gasteiger partial charge in [0.15, 0.2) is 0 Å². The second-order valence-electron chi connectivity index (χ2n) is 6.39. The molecular formula is C20H23ClN2O5S. The maximum Gasteiger partial charge on any atom is 0.261 e. The molecule has 0 bridgehead atoms. The van der Waals surface area contributed by atoms with Crippen molar-refractivity contribution in [3.8, 4) is 0 Å². The molecule has 2 rings (SSSR count). The third-order valence-corrected chi connectivity index (χ3v) is 5.21. The number of benzene rings is 1. The van der Waals surface area contributed by atoms with Gasteiger partial charge < -0.3 is 9.64 Å². The van der Waals surface area contributed by atoms with Crippen molar-refractivity contribution in [2.75, 3.05) is 7.11 Å². The van der Waals surface area contributed by atoms with Gasteiger partial charge in [-0.1, -0.05) is 17.7 Å². The van der Waals surface area contributed by atoms with Crippen LogP contribution in [0.5, 0.6) is 0 Å². The summed E-state index contributed by atoms with van der Waals surface area (Å²) in [5.41, 5.74) is 1.07. The number of hydrogen-bond acceptors (Lipinski definition) is 4. The molecule has 1 aromatic carbocycles. The van der Waals surface area contributed by atoms with Crippen molar-refractivity contribution in [2.45, 2.75) is 26.3 Å². The molecule has 0 aromatic heterocycles. The zero-order chi connectivity index (χ0) is 21.6. The molecule has 2 amide bonds. The lowest BCUT2D eigenvalue weighted by atomic mass is 9.99. The topological polar surface area (TPSA) is 95.9 Å². The molecule has 3 atom stereocenters. The molecule has 156 valence electrons. The van der Waals surface area contributed by atoms with Crippen LogP contribution in [0.3, 0.4) is 0 Å². The van der Waals surface area contributed by atoms with E-state index in [0.717, 1.165) is 0 Å². The molecule has 1 aromatic rings. The second kappa shape index (κ2) is 10.4. The van der Waals surface area contributed by atoms with Gasteiger partial charge in [0.25, 0.3) is 17.2 Å². The van der Waals surface area contributed by atoms with Crippen LogP contribution >= 0.6 is 11.6 Å². The predicted molar refractivity (Wildman–Crippen MR) is 112 cm³/mol. The molecule has 0 saturated heterocycles. The molecule has 2 N–H and O–H groups in total. The molecule has 0 radical (unpaired) electrons. The summed E-state index contributed by atoms with van der Waals surface area (Å²) < 4.78 is 26.8. The summed E-state index contributed by atoms with van der Waals surface area (Å²) in [5.74, 6) is -0.521. The van der Waals surface area contributed by atoms with E-state index in [0.29, 0.717) is 22.0 Å². The average molecular weight is 439 g/mol. The molecule has 1 aliphatic rings. The summed E-state index contributed by atoms with van der Waals surface area (Å²) in [6.07, 6.45) is 7.02. The van der Waals surface area contributed by atoms with Crippen LogP contribution in [-0.2, 0) is 20.8 Å². The van der Waals surface area contributed by atoms with E-state index in [4.69, 9.17) is 20.9 Å². The minimum atomic E-state index is -2.43. The number of halogens is 1. The first-order valence-electron chi connectivity index (χ1n) is 8.86. The van der Waals surface area contributed by atoms with Crippen molar-refractivity contribution >= 4 is 34.7 Å². The number of carbonyl (C=O) groups is 2. The summed E-state index contributed by atoms with van der Waals surface area (Å²) in [6.45, 7) is 3.65. The Balaban J connectivity index is 2.33. The summed E-state index contributed by atoms with van der Waals surface area (Å²) in [6, 6.07) is 6.21. The Morgan fingerprint density at radius 2 is 2.00 bits per heavy atom. The van der Waals surface area contributed by atoms with E-state index in [1.165, 1.54) is 0 Å². The summed E-state index contributed by atoms with van der Waals surface area (Å²) in [5, 5.41) is 0.524. The van der Waals surface area contributed by atoms with Crippen LogP contribution in [-0.4, -0.2) is 38.6 Å². The van der Waals surface area contributed by atoms with Crippen LogP contribution in [0, 0.1) is 5.92 Å². The molecule has 1 heterocycles. The first-order chi connectivity index (χ1) is 13.8. The van der Waals surface area contributed by atoms with Gasteiger partial charge in [-0.15, -0.1) is 0 Å². The van der Waals surface area contributed by atoms with Crippen molar-refractivity contribution < 1.29 is 23.1 Å². The largest absolute Gasteiger partial charge is 0.497 e. The van der Waals surface area contributed by atoms with Gasteiger partial charge in [0, 0.05) is 34.7 Å². The fourth-order valence-corrected chi connectivity index (χ4v) is 3.47. The van der Waals surface area contributed by atoms with Crippen LogP contribution in [0.4, 0.5) is 0 Å². The van der Waals surface area contributed by atoms with Crippen LogP contribution in [0.1, 0.15) is 30.6 Å². The van der Waals surface area contributed by atoms with Crippen molar-refractivity contribution in [3.63, 3.8) is 0 Å². The molecule has 0 saturated carbocycles. The molecule has 9 heteroatoms. The van der Waals surface area contributed by atoms with Gasteiger partial charge in [-0.3, -0.25) is 18.9 Å². The highest BCUT2D eigenvalue weighted by Crippen LogP contribution is 2.32. The van der Waals surface area contributed by atoms with E-state index in [-0.39, 0.29) is 24.3 Å². The highest BCUT2D eigenvalue weighted by Gasteiger charge is 2.36. The molecule has 1 aliphatic heterocycles. The Bertz CT molecular complexity index is 879. The van der Waals surface area contributed by atoms with E-state index in [1.54, 1.807) is 60.6 Å². The predicted octanol–water partition coefficient (Wildman–Crippen LogP) is 3.43. The Labute approximate surface area is 177 Å². The van der Waals surface area contributed by atoms with E-state index >= 15 is 0 Å². The molecule has 0 aliphatic carbocycles. The number of hydrogen-bond donors (Lipinski definition) is 2. The summed E-state index contributed by atoms with van der Waals surface area (Å²) >= 11 is 3.49. The number of nitrogens with one attached hydrogen (secondary N) is 1. The van der Waals surface area contributed by atoms with Gasteiger partial charge in [0.2, 0.25) is 5.91 Å². The lowest BCUT2D eigenvalue weighted by Crippen LogP contribution is -2.38. The van der Waals surface area contributed by atoms with Crippen molar-refractivity contribution in [1.82, 2.24) is 9.62 Å². The Hall–Kier alpha value is -2.42. The van der Waals surface area contributed by atoms with Crippen molar-refractivity contribution in [1.29, 1.82) is 0 Å². The molecule has 7 nitrogen and oxygen atoms in total. The maximum absolute atomic E-state index is 13.1. The summed E-state index contributed by atoms with van der Waals surface area (Å²) in [7, 11) is 1.55. The number of allylic oxidation sites excluding steroid dienone is 3. The van der Waals surface area contributed by atoms with Gasteiger partial charge >= 0.3 is 0 Å². The molecule has 0 fully saturated rings. The van der Waals surface area contributed by atoms with Crippen molar-refractivity contribution in [3.05, 3.63) is 70.6 Å². The highest BCUT2D eigenvalue weighted by atomic mass is 35.5. The lowest BCUT2D eigenvalue weighted by Gasteiger charge is -2.27. The fraction of sp³-hybridized carbons (Fsp3) is 0.300. The quantitative estimate of drug-likeness (QED) is 0.386. The van der Waals surface area contributed by atoms with Gasteiger partial charge in [-0.2, -0.15) is 0 Å². The minimum Gasteiger partial charge on any atom is -0.497 e. The number of carbonyl (C=O) groups excluding carboxylic acids is 2. The third kappa shape index (κ3) is 6.03. The van der Waals surface area contributed by atoms with Crippen LogP contribution in [0.25, 0.3) is 0 Å². The zero-order valence-electron chi connectivity index (χ0n) is 16.3. The van der Waals surface area contributed by atoms with E-state index < -0.39 is 17.2 Å². The van der Waals surface area contributed by atoms with Gasteiger partial charge in [0.05, 0.1) is 7.11 Å². The van der Waals surface area contributed by atoms with Crippen LogP contribution in [0.15, 0.2) is 60.0 Å². The van der Waals surface area contributed by atoms with Crippen molar-refractivity contribution in [2.24, 2.45) is 5.92 Å². The maximum atomic E-state index is 13.1. The zero-order valence-corrected chi connectivity index (χ0v) is 17.9. The normalized spacial score (nSPS) is 20.5. The molecule has 29 heavy (non-hydrogen) atoms. The highest BCUT2D eigenvalue weighted by molar-refractivity contribution is 7.77. The number of methoxy groups -OCH3 is 1. The minimum absolute atomic E-state index is 0.0318. The second-order valence-corrected chi connectivity index (χ2v) is 7.52. The summed E-state index contributed by atoms with van der Waals surface area (Å²) in [4.78, 5) is 26.7. The number of rotatable bonds is 7. The van der Waals surface area contributed by atoms with Crippen LogP contribution < -0.4 is 4.72 Å². The monoisotopic (exact) mass is 438 g/mol. The average Bonchev–Trinajstić information content (AvgIpc) is 2.97. The molecular weight excluding hydrogens is 416 g/mol. The van der Waals surface area contributed by atoms with Crippen LogP contribution in [0.2, 0.25) is 5.02 Å². The Morgan fingerprint density at radius 1 is 1.34 bits per heavy atom. The fourth-order valence-electron chi connectivity index (χ4n) is 3.07. The SMILES string of the molecule is C/C=C(\C=C/C1=CC(CC(=O)NS(=O)O)C(C)N1C(=O)c1ccc(Cl)cc1)OC. The number of amides is 2. The van der Waals surface area contributed by atoms with E-state index in [1.807, 2.05) is 18.6 Å². The Kier molecular flexibility index (Phi) is 8.19. The smallest absolute Gasteiger partial charge is 0.261 e. The Morgan fingerprint density at radius 3 is 2.55 bits per heavy atom. The van der Waals surface area contributed by atoms with Gasteiger partial charge in [-0.05, 0) is 56.3 Å². The first kappa shape index (κ1) is 22.9.